The molecular formula is C74H64N8O5. The van der Waals surface area contributed by atoms with E-state index in [9.17, 15) is 19.2 Å². The van der Waals surface area contributed by atoms with E-state index in [1.54, 1.807) is 12.7 Å². The Morgan fingerprint density at radius 1 is 0.425 bits per heavy atom. The van der Waals surface area contributed by atoms with Crippen LogP contribution in [0.5, 0.6) is 0 Å². The van der Waals surface area contributed by atoms with Gasteiger partial charge in [-0.3, -0.25) is 14.4 Å². The predicted molar refractivity (Wildman–Crippen MR) is 336 cm³/mol. The smallest absolute Gasteiger partial charge is 0.407 e. The normalized spacial score (nSPS) is 12.6. The standard InChI is InChI=1S/C74H64N8O5/c83-69(79-67(70(84)75-46-53-26-8-1-9-27-53)44-60-48-81(51-77-60)73(54-28-10-2-11-29-54,55-30-12-3-13-31-55)56-32-14-4-15-33-56)47-76-71(85)68(80-72(86)87-50-66-64-42-24-22-40-62(64)63-41-23-25-43-65(63)66)45-61-49-82(52-78-61)74(57-34-16-5-17-35-57,58-36-18-6-19-37-58)59-38-20-7-21-39-59/h1-43,48-49,51-52,66-68H,44-47,50H2,(H,75,84)(H,76,85)(H,79,83)(H,80,86). The zero-order chi connectivity index (χ0) is 59.4. The van der Waals surface area contributed by atoms with Crippen molar-refractivity contribution in [3.63, 3.8) is 0 Å². The highest BCUT2D eigenvalue weighted by atomic mass is 16.5. The number of nitrogens with one attached hydrogen (secondary N) is 4. The topological polar surface area (TPSA) is 161 Å². The third kappa shape index (κ3) is 11.8. The summed E-state index contributed by atoms with van der Waals surface area (Å²) in [4.78, 5) is 67.5. The second kappa shape index (κ2) is 25.9. The van der Waals surface area contributed by atoms with Crippen LogP contribution in [0.4, 0.5) is 4.79 Å². The van der Waals surface area contributed by atoms with Crippen LogP contribution in [0.25, 0.3) is 11.1 Å². The van der Waals surface area contributed by atoms with Gasteiger partial charge in [0.2, 0.25) is 17.7 Å². The summed E-state index contributed by atoms with van der Waals surface area (Å²) in [5, 5.41) is 11.6. The van der Waals surface area contributed by atoms with Gasteiger partial charge in [0.25, 0.3) is 0 Å². The maximum Gasteiger partial charge on any atom is 0.407 e. The number of alkyl carbamates (subject to hydrolysis) is 1. The number of fused-ring (bicyclic) bond motifs is 3. The number of ether oxygens (including phenoxy) is 1. The van der Waals surface area contributed by atoms with Crippen molar-refractivity contribution in [3.05, 3.63) is 347 Å². The van der Waals surface area contributed by atoms with Gasteiger partial charge in [0.1, 0.15) is 29.8 Å². The van der Waals surface area contributed by atoms with Crippen molar-refractivity contribution < 1.29 is 23.9 Å². The van der Waals surface area contributed by atoms with E-state index in [1.807, 2.05) is 193 Å². The minimum atomic E-state index is -1.27. The first-order chi connectivity index (χ1) is 42.8. The average molecular weight is 1150 g/mol. The Morgan fingerprint density at radius 2 is 0.770 bits per heavy atom. The van der Waals surface area contributed by atoms with Crippen LogP contribution in [-0.4, -0.2) is 68.2 Å². The van der Waals surface area contributed by atoms with Gasteiger partial charge in [-0.25, -0.2) is 14.8 Å². The number of amides is 4. The van der Waals surface area contributed by atoms with Crippen LogP contribution in [-0.2, 0) is 49.6 Å². The minimum Gasteiger partial charge on any atom is -0.449 e. The first kappa shape index (κ1) is 56.6. The summed E-state index contributed by atoms with van der Waals surface area (Å²) in [5.41, 5.74) is 10.3. The average Bonchev–Trinajstić information content (AvgIpc) is 2.11. The highest BCUT2D eigenvalue weighted by molar-refractivity contribution is 5.92. The third-order valence-corrected chi connectivity index (χ3v) is 16.4. The van der Waals surface area contributed by atoms with Crippen molar-refractivity contribution in [3.8, 4) is 11.1 Å². The predicted octanol–water partition coefficient (Wildman–Crippen LogP) is 11.4. The molecule has 2 atom stereocenters. The molecule has 2 heterocycles. The van der Waals surface area contributed by atoms with Gasteiger partial charge < -0.3 is 35.1 Å². The van der Waals surface area contributed by atoms with Crippen LogP contribution in [0.1, 0.15) is 67.4 Å². The van der Waals surface area contributed by atoms with Crippen LogP contribution < -0.4 is 21.3 Å². The Hall–Kier alpha value is -10.9. The Bertz CT molecular complexity index is 3870. The lowest BCUT2D eigenvalue weighted by Gasteiger charge is -2.37. The van der Waals surface area contributed by atoms with Crippen LogP contribution in [0.2, 0.25) is 0 Å². The van der Waals surface area contributed by atoms with Crippen molar-refractivity contribution in [1.29, 1.82) is 0 Å². The van der Waals surface area contributed by atoms with E-state index in [-0.39, 0.29) is 31.9 Å². The maximum absolute atomic E-state index is 14.8. The second-order valence-electron chi connectivity index (χ2n) is 21.6. The summed E-state index contributed by atoms with van der Waals surface area (Å²) in [6, 6.07) is 84.2. The molecule has 13 nitrogen and oxygen atoms in total. The number of carbonyl (C=O) groups excluding carboxylic acids is 4. The van der Waals surface area contributed by atoms with Crippen LogP contribution in [0, 0.1) is 0 Å². The van der Waals surface area contributed by atoms with Crippen molar-refractivity contribution in [2.24, 2.45) is 0 Å². The number of aromatic nitrogens is 4. The molecule has 0 radical (unpaired) electrons. The molecule has 0 saturated carbocycles. The van der Waals surface area contributed by atoms with Crippen LogP contribution in [0.3, 0.4) is 0 Å². The molecule has 2 aromatic heterocycles. The fourth-order valence-corrected chi connectivity index (χ4v) is 12.3. The van der Waals surface area contributed by atoms with E-state index in [1.165, 1.54) is 0 Å². The van der Waals surface area contributed by atoms with Gasteiger partial charge in [-0.1, -0.05) is 261 Å². The lowest BCUT2D eigenvalue weighted by atomic mass is 9.77. The van der Waals surface area contributed by atoms with Gasteiger partial charge in [0.15, 0.2) is 0 Å². The summed E-state index contributed by atoms with van der Waals surface area (Å²) in [7, 11) is 0. The van der Waals surface area contributed by atoms with E-state index in [0.717, 1.165) is 61.2 Å². The first-order valence-electron chi connectivity index (χ1n) is 29.2. The van der Waals surface area contributed by atoms with Gasteiger partial charge >= 0.3 is 6.09 Å². The monoisotopic (exact) mass is 1140 g/mol. The van der Waals surface area contributed by atoms with E-state index >= 15 is 0 Å². The highest BCUT2D eigenvalue weighted by Crippen LogP contribution is 2.45. The minimum absolute atomic E-state index is 0.00676. The molecule has 11 aromatic rings. The van der Waals surface area contributed by atoms with E-state index in [0.29, 0.717) is 11.4 Å². The lowest BCUT2D eigenvalue weighted by molar-refractivity contribution is -0.130. The number of hydrogen-bond acceptors (Lipinski definition) is 7. The number of imidazole rings is 2. The fourth-order valence-electron chi connectivity index (χ4n) is 12.3. The van der Waals surface area contributed by atoms with Gasteiger partial charge in [-0.05, 0) is 61.2 Å². The summed E-state index contributed by atoms with van der Waals surface area (Å²) in [6.07, 6.45) is 6.43. The Morgan fingerprint density at radius 3 is 1.17 bits per heavy atom. The maximum atomic E-state index is 14.8. The Balaban J connectivity index is 0.825. The van der Waals surface area contributed by atoms with Gasteiger partial charge in [-0.15, -0.1) is 0 Å². The van der Waals surface area contributed by atoms with Gasteiger partial charge in [-0.2, -0.15) is 0 Å². The number of benzene rings is 9. The van der Waals surface area contributed by atoms with E-state index < -0.39 is 53.5 Å². The molecule has 1 aliphatic carbocycles. The molecule has 87 heavy (non-hydrogen) atoms. The molecule has 0 fully saturated rings. The lowest BCUT2D eigenvalue weighted by Crippen LogP contribution is -2.53. The van der Waals surface area contributed by atoms with Crippen molar-refractivity contribution >= 4 is 23.8 Å². The summed E-state index contributed by atoms with van der Waals surface area (Å²) in [6.45, 7) is -0.319. The molecule has 0 aliphatic heterocycles. The molecule has 9 aromatic carbocycles. The van der Waals surface area contributed by atoms with E-state index in [4.69, 9.17) is 14.7 Å². The molecule has 0 spiro atoms. The first-order valence-corrected chi connectivity index (χ1v) is 29.2. The van der Waals surface area contributed by atoms with E-state index in [2.05, 4.69) is 111 Å². The number of carbonyl (C=O) groups is 4. The summed E-state index contributed by atoms with van der Waals surface area (Å²) in [5.74, 6) is -1.99. The van der Waals surface area contributed by atoms with Crippen molar-refractivity contribution in [2.75, 3.05) is 13.2 Å². The summed E-state index contributed by atoms with van der Waals surface area (Å²) < 4.78 is 10.1. The van der Waals surface area contributed by atoms with Crippen molar-refractivity contribution in [1.82, 2.24) is 40.4 Å². The SMILES string of the molecule is O=C(CNC(=O)C(Cc1cn(C(c2ccccc2)(c2ccccc2)c2ccccc2)cn1)NC(=O)OCC1c2ccccc2-c2ccccc21)NC(Cc1cn(C(c2ccccc2)(c2ccccc2)c2ccccc2)cn1)C(=O)NCc1ccccc1. The number of hydrogen-bond donors (Lipinski definition) is 4. The molecule has 12 rings (SSSR count). The number of nitrogens with zero attached hydrogens (tertiary/aromatic N) is 4. The van der Waals surface area contributed by atoms with Gasteiger partial charge in [0, 0.05) is 37.7 Å². The van der Waals surface area contributed by atoms with Crippen molar-refractivity contribution in [2.45, 2.75) is 48.5 Å². The summed E-state index contributed by atoms with van der Waals surface area (Å²) >= 11 is 0. The van der Waals surface area contributed by atoms with Crippen LogP contribution >= 0.6 is 0 Å². The molecule has 430 valence electrons. The molecule has 1 aliphatic rings. The fraction of sp³-hybridized carbons (Fsp3) is 0.135. The largest absolute Gasteiger partial charge is 0.449 e. The molecule has 0 bridgehead atoms. The zero-order valence-corrected chi connectivity index (χ0v) is 47.7. The Kier molecular flexibility index (Phi) is 16.8. The Labute approximate surface area is 505 Å². The molecule has 4 amide bonds. The third-order valence-electron chi connectivity index (χ3n) is 16.4. The molecular weight excluding hydrogens is 1080 g/mol. The molecule has 13 heteroatoms. The second-order valence-corrected chi connectivity index (χ2v) is 21.6. The molecule has 0 saturated heterocycles. The highest BCUT2D eigenvalue weighted by Gasteiger charge is 2.41. The molecule has 4 N–H and O–H groups in total. The molecule has 2 unspecified atom stereocenters. The van der Waals surface area contributed by atoms with Crippen LogP contribution in [0.15, 0.2) is 286 Å². The number of rotatable bonds is 22. The van der Waals surface area contributed by atoms with Gasteiger partial charge in [0.05, 0.1) is 30.6 Å². The quantitative estimate of drug-likeness (QED) is 0.0491. The zero-order valence-electron chi connectivity index (χ0n) is 47.7.